The van der Waals surface area contributed by atoms with Crippen molar-refractivity contribution in [2.24, 2.45) is 0 Å². The lowest BCUT2D eigenvalue weighted by molar-refractivity contribution is -0.137. The number of alkyl halides is 3. The van der Waals surface area contributed by atoms with E-state index in [-0.39, 0.29) is 35.9 Å². The van der Waals surface area contributed by atoms with Crippen LogP contribution >= 0.6 is 22.6 Å². The largest absolute Gasteiger partial charge is 0.416 e. The fourth-order valence-corrected chi connectivity index (χ4v) is 3.09. The maximum atomic E-state index is 12.8. The molecule has 0 unspecified atom stereocenters. The first-order chi connectivity index (χ1) is 12.7. The Hall–Kier alpha value is -2.43. The number of nitrogens with zero attached hydrogens (tertiary/aromatic N) is 1. The second kappa shape index (κ2) is 7.29. The molecular weight excluding hydrogens is 476 g/mol. The van der Waals surface area contributed by atoms with Crippen LogP contribution in [-0.2, 0) is 15.8 Å². The van der Waals surface area contributed by atoms with Crippen LogP contribution < -0.4 is 10.2 Å². The first-order valence-electron chi connectivity index (χ1n) is 7.81. The molecule has 0 aliphatic carbocycles. The second-order valence-electron chi connectivity index (χ2n) is 5.82. The van der Waals surface area contributed by atoms with Crippen molar-refractivity contribution in [2.45, 2.75) is 19.0 Å². The van der Waals surface area contributed by atoms with E-state index in [1.54, 1.807) is 0 Å². The topological polar surface area (TPSA) is 66.5 Å². The van der Waals surface area contributed by atoms with Gasteiger partial charge in [-0.2, -0.15) is 13.2 Å². The minimum Gasteiger partial charge on any atom is -0.321 e. The van der Waals surface area contributed by atoms with Crippen LogP contribution in [0.1, 0.15) is 28.8 Å². The molecule has 0 radical (unpaired) electrons. The fraction of sp³-hybridized carbons (Fsp3) is 0.167. The van der Waals surface area contributed by atoms with Crippen molar-refractivity contribution in [1.29, 1.82) is 0 Å². The van der Waals surface area contributed by atoms with Crippen molar-refractivity contribution in [2.75, 3.05) is 10.2 Å². The standard InChI is InChI=1S/C18H12F3IN2O3/c19-18(20,21)11-3-6-13(22)14(9-11)23-17(27)10-1-4-12(5-2-10)24-15(25)7-8-16(24)26/h1-6,9H,7-8H2,(H,23,27). The predicted octanol–water partition coefficient (Wildman–Crippen LogP) is 4.22. The highest BCUT2D eigenvalue weighted by molar-refractivity contribution is 14.1. The summed E-state index contributed by atoms with van der Waals surface area (Å²) in [5, 5.41) is 2.45. The van der Waals surface area contributed by atoms with Gasteiger partial charge >= 0.3 is 6.18 Å². The lowest BCUT2D eigenvalue weighted by Crippen LogP contribution is -2.28. The zero-order valence-electron chi connectivity index (χ0n) is 13.6. The summed E-state index contributed by atoms with van der Waals surface area (Å²) in [7, 11) is 0. The molecule has 140 valence electrons. The third-order valence-corrected chi connectivity index (χ3v) is 4.92. The molecule has 0 saturated carbocycles. The quantitative estimate of drug-likeness (QED) is 0.520. The molecule has 0 aromatic heterocycles. The molecule has 1 saturated heterocycles. The van der Waals surface area contributed by atoms with Crippen molar-refractivity contribution >= 4 is 51.7 Å². The SMILES string of the molecule is O=C(Nc1cc(C(F)(F)F)ccc1I)c1ccc(N2C(=O)CCC2=O)cc1. The van der Waals surface area contributed by atoms with E-state index in [4.69, 9.17) is 0 Å². The number of halogens is 4. The van der Waals surface area contributed by atoms with Gasteiger partial charge in [-0.05, 0) is 65.1 Å². The molecule has 27 heavy (non-hydrogen) atoms. The van der Waals surface area contributed by atoms with Gasteiger partial charge in [-0.1, -0.05) is 0 Å². The number of hydrogen-bond acceptors (Lipinski definition) is 3. The molecule has 1 fully saturated rings. The molecule has 1 aliphatic rings. The van der Waals surface area contributed by atoms with Crippen LogP contribution in [0, 0.1) is 3.57 Å². The van der Waals surface area contributed by atoms with Crippen LogP contribution in [0.3, 0.4) is 0 Å². The zero-order valence-corrected chi connectivity index (χ0v) is 15.8. The number of amides is 3. The molecule has 0 spiro atoms. The number of rotatable bonds is 3. The number of hydrogen-bond donors (Lipinski definition) is 1. The van der Waals surface area contributed by atoms with Gasteiger partial charge in [-0.15, -0.1) is 0 Å². The predicted molar refractivity (Wildman–Crippen MR) is 100 cm³/mol. The highest BCUT2D eigenvalue weighted by atomic mass is 127. The van der Waals surface area contributed by atoms with Gasteiger partial charge < -0.3 is 5.32 Å². The molecule has 1 N–H and O–H groups in total. The average Bonchev–Trinajstić information content (AvgIpc) is 2.94. The van der Waals surface area contributed by atoms with Crippen LogP contribution in [0.5, 0.6) is 0 Å². The Morgan fingerprint density at radius 3 is 2.15 bits per heavy atom. The summed E-state index contributed by atoms with van der Waals surface area (Å²) in [6, 6.07) is 8.80. The van der Waals surface area contributed by atoms with Crippen molar-refractivity contribution in [1.82, 2.24) is 0 Å². The van der Waals surface area contributed by atoms with Crippen LogP contribution in [0.25, 0.3) is 0 Å². The van der Waals surface area contributed by atoms with Crippen LogP contribution in [0.15, 0.2) is 42.5 Å². The fourth-order valence-electron chi connectivity index (χ4n) is 2.62. The third-order valence-electron chi connectivity index (χ3n) is 3.98. The third kappa shape index (κ3) is 4.12. The Morgan fingerprint density at radius 2 is 1.59 bits per heavy atom. The molecule has 1 heterocycles. The van der Waals surface area contributed by atoms with E-state index in [0.717, 1.165) is 17.0 Å². The van der Waals surface area contributed by atoms with Crippen LogP contribution in [-0.4, -0.2) is 17.7 Å². The van der Waals surface area contributed by atoms with Gasteiger partial charge in [-0.25, -0.2) is 0 Å². The molecule has 1 aliphatic heterocycles. The second-order valence-corrected chi connectivity index (χ2v) is 6.98. The van der Waals surface area contributed by atoms with Gasteiger partial charge in [0.1, 0.15) is 0 Å². The molecule has 0 bridgehead atoms. The minimum absolute atomic E-state index is 0.0457. The van der Waals surface area contributed by atoms with Gasteiger partial charge in [0.2, 0.25) is 11.8 Å². The number of benzene rings is 2. The summed E-state index contributed by atoms with van der Waals surface area (Å²) in [5.41, 5.74) is -0.275. The zero-order chi connectivity index (χ0) is 19.8. The molecule has 2 aromatic rings. The summed E-state index contributed by atoms with van der Waals surface area (Å²) >= 11 is 1.83. The summed E-state index contributed by atoms with van der Waals surface area (Å²) < 4.78 is 39.0. The highest BCUT2D eigenvalue weighted by Crippen LogP contribution is 2.33. The van der Waals surface area contributed by atoms with E-state index in [0.29, 0.717) is 9.26 Å². The smallest absolute Gasteiger partial charge is 0.321 e. The van der Waals surface area contributed by atoms with Crippen molar-refractivity contribution < 1.29 is 27.6 Å². The van der Waals surface area contributed by atoms with Gasteiger partial charge in [0.25, 0.3) is 5.91 Å². The van der Waals surface area contributed by atoms with Crippen molar-refractivity contribution in [3.63, 3.8) is 0 Å². The van der Waals surface area contributed by atoms with E-state index in [9.17, 15) is 27.6 Å². The number of nitrogens with one attached hydrogen (secondary N) is 1. The molecule has 0 atom stereocenters. The van der Waals surface area contributed by atoms with Crippen LogP contribution in [0.2, 0.25) is 0 Å². The molecule has 3 amide bonds. The van der Waals surface area contributed by atoms with Gasteiger partial charge in [0, 0.05) is 22.0 Å². The Bertz CT molecular complexity index is 910. The molecule has 2 aromatic carbocycles. The monoisotopic (exact) mass is 488 g/mol. The first-order valence-corrected chi connectivity index (χ1v) is 8.88. The number of carbonyl (C=O) groups is 3. The average molecular weight is 488 g/mol. The maximum Gasteiger partial charge on any atom is 0.416 e. The van der Waals surface area contributed by atoms with E-state index in [1.165, 1.54) is 30.3 Å². The summed E-state index contributed by atoms with van der Waals surface area (Å²) in [4.78, 5) is 36.9. The molecule has 9 heteroatoms. The first kappa shape index (κ1) is 19.3. The van der Waals surface area contributed by atoms with Crippen molar-refractivity contribution in [3.8, 4) is 0 Å². The molecular formula is C18H12F3IN2O3. The lowest BCUT2D eigenvalue weighted by Gasteiger charge is -2.15. The number of carbonyl (C=O) groups excluding carboxylic acids is 3. The summed E-state index contributed by atoms with van der Waals surface area (Å²) in [6.45, 7) is 0. The van der Waals surface area contributed by atoms with E-state index in [1.807, 2.05) is 22.6 Å². The molecule has 3 rings (SSSR count). The van der Waals surface area contributed by atoms with Gasteiger partial charge in [-0.3, -0.25) is 19.3 Å². The Kier molecular flexibility index (Phi) is 5.22. The van der Waals surface area contributed by atoms with Crippen molar-refractivity contribution in [3.05, 3.63) is 57.2 Å². The summed E-state index contributed by atoms with van der Waals surface area (Å²) in [5.74, 6) is -1.22. The summed E-state index contributed by atoms with van der Waals surface area (Å²) in [6.07, 6.45) is -4.22. The van der Waals surface area contributed by atoms with Gasteiger partial charge in [0.15, 0.2) is 0 Å². The lowest BCUT2D eigenvalue weighted by atomic mass is 10.1. The minimum atomic E-state index is -4.51. The van der Waals surface area contributed by atoms with E-state index >= 15 is 0 Å². The number of imide groups is 1. The Balaban J connectivity index is 1.79. The Labute approximate surface area is 165 Å². The maximum absolute atomic E-state index is 12.8. The van der Waals surface area contributed by atoms with Gasteiger partial charge in [0.05, 0.1) is 16.9 Å². The van der Waals surface area contributed by atoms with E-state index < -0.39 is 17.6 Å². The van der Waals surface area contributed by atoms with E-state index in [2.05, 4.69) is 5.32 Å². The van der Waals surface area contributed by atoms with Crippen LogP contribution in [0.4, 0.5) is 24.5 Å². The Morgan fingerprint density at radius 1 is 1.00 bits per heavy atom. The molecule has 5 nitrogen and oxygen atoms in total. The highest BCUT2D eigenvalue weighted by Gasteiger charge is 2.31. The normalized spacial score (nSPS) is 14.6. The number of anilines is 2.